The van der Waals surface area contributed by atoms with E-state index in [2.05, 4.69) is 15.8 Å². The van der Waals surface area contributed by atoms with Gasteiger partial charge in [-0.3, -0.25) is 4.79 Å². The highest BCUT2D eigenvalue weighted by atomic mass is 16.2. The van der Waals surface area contributed by atoms with Crippen LogP contribution in [0.1, 0.15) is 36.2 Å². The first kappa shape index (κ1) is 14.2. The monoisotopic (exact) mass is 274 g/mol. The number of ketones is 1. The van der Waals surface area contributed by atoms with E-state index in [1.165, 1.54) is 0 Å². The minimum Gasteiger partial charge on any atom is -0.350 e. The van der Waals surface area contributed by atoms with Crippen molar-refractivity contribution >= 4 is 17.5 Å². The Morgan fingerprint density at radius 1 is 1.45 bits per heavy atom. The number of primary amides is 1. The van der Waals surface area contributed by atoms with E-state index in [1.807, 2.05) is 32.0 Å². The van der Waals surface area contributed by atoms with E-state index in [9.17, 15) is 9.59 Å². The normalized spacial score (nSPS) is 23.5. The molecule has 6 nitrogen and oxygen atoms in total. The third-order valence-electron chi connectivity index (χ3n) is 3.42. The summed E-state index contributed by atoms with van der Waals surface area (Å²) in [7, 11) is 0. The number of urea groups is 1. The van der Waals surface area contributed by atoms with Crippen LogP contribution in [0, 0.1) is 0 Å². The molecule has 1 aliphatic rings. The molecule has 0 saturated carbocycles. The van der Waals surface area contributed by atoms with Crippen molar-refractivity contribution in [3.63, 3.8) is 0 Å². The molecule has 4 N–H and O–H groups in total. The van der Waals surface area contributed by atoms with E-state index >= 15 is 0 Å². The molecule has 106 valence electrons. The molecule has 6 heteroatoms. The zero-order valence-electron chi connectivity index (χ0n) is 11.6. The summed E-state index contributed by atoms with van der Waals surface area (Å²) in [6, 6.07) is 6.65. The zero-order valence-corrected chi connectivity index (χ0v) is 11.6. The molecule has 1 atom stereocenters. The minimum atomic E-state index is -0.783. The first-order valence-electron chi connectivity index (χ1n) is 6.49. The Kier molecular flexibility index (Phi) is 3.85. The minimum absolute atomic E-state index is 0.176. The Bertz CT molecular complexity index is 582. The largest absolute Gasteiger partial charge is 0.350 e. The molecule has 2 amide bonds. The Labute approximate surface area is 117 Å². The molecule has 0 saturated heterocycles. The van der Waals surface area contributed by atoms with Crippen LogP contribution in [-0.2, 0) is 5.54 Å². The Hall–Kier alpha value is -2.21. The summed E-state index contributed by atoms with van der Waals surface area (Å²) in [5.41, 5.74) is 8.59. The summed E-state index contributed by atoms with van der Waals surface area (Å²) >= 11 is 0. The van der Waals surface area contributed by atoms with Crippen molar-refractivity contribution in [2.45, 2.75) is 25.8 Å². The molecule has 1 aromatic carbocycles. The standard InChI is InChI=1S/C14H18N4O2/c1-3-16-14(2)8-11(17-18-13(15)20)12(19)9-6-4-5-7-10(9)14/h4-7,16H,3,8H2,1-2H3,(H3,15,18,20)/b17-11+. The quantitative estimate of drug-likeness (QED) is 0.721. The predicted octanol–water partition coefficient (Wildman–Crippen LogP) is 1.12. The highest BCUT2D eigenvalue weighted by molar-refractivity contribution is 6.47. The molecule has 0 heterocycles. The maximum absolute atomic E-state index is 12.4. The maximum atomic E-state index is 12.4. The average Bonchev–Trinajstić information content (AvgIpc) is 2.42. The van der Waals surface area contributed by atoms with E-state index in [0.717, 1.165) is 12.1 Å². The summed E-state index contributed by atoms with van der Waals surface area (Å²) in [6.45, 7) is 4.78. The third kappa shape index (κ3) is 2.55. The van der Waals surface area contributed by atoms with Crippen LogP contribution in [0.5, 0.6) is 0 Å². The van der Waals surface area contributed by atoms with E-state index in [0.29, 0.717) is 17.7 Å². The lowest BCUT2D eigenvalue weighted by Crippen LogP contribution is -2.47. The van der Waals surface area contributed by atoms with Crippen molar-refractivity contribution in [2.24, 2.45) is 10.8 Å². The van der Waals surface area contributed by atoms with Gasteiger partial charge in [0.1, 0.15) is 5.71 Å². The summed E-state index contributed by atoms with van der Waals surface area (Å²) in [4.78, 5) is 23.1. The topological polar surface area (TPSA) is 96.6 Å². The number of hydrogen-bond acceptors (Lipinski definition) is 4. The summed E-state index contributed by atoms with van der Waals surface area (Å²) in [5.74, 6) is -0.176. The van der Waals surface area contributed by atoms with Gasteiger partial charge in [-0.2, -0.15) is 5.10 Å². The summed E-state index contributed by atoms with van der Waals surface area (Å²) in [5, 5.41) is 7.22. The zero-order chi connectivity index (χ0) is 14.8. The highest BCUT2D eigenvalue weighted by Crippen LogP contribution is 2.33. The van der Waals surface area contributed by atoms with E-state index in [1.54, 1.807) is 6.07 Å². The Morgan fingerprint density at radius 3 is 2.80 bits per heavy atom. The molecule has 1 aromatic rings. The molecule has 0 aromatic heterocycles. The second-order valence-electron chi connectivity index (χ2n) is 4.95. The third-order valence-corrected chi connectivity index (χ3v) is 3.42. The highest BCUT2D eigenvalue weighted by Gasteiger charge is 2.38. The molecule has 0 bridgehead atoms. The average molecular weight is 274 g/mol. The molecule has 1 aliphatic carbocycles. The van der Waals surface area contributed by atoms with E-state index in [-0.39, 0.29) is 5.78 Å². The first-order valence-corrected chi connectivity index (χ1v) is 6.49. The lowest BCUT2D eigenvalue weighted by molar-refractivity contribution is 0.105. The van der Waals surface area contributed by atoms with Crippen LogP contribution in [0.25, 0.3) is 0 Å². The molecule has 0 spiro atoms. The van der Waals surface area contributed by atoms with Crippen LogP contribution in [0.15, 0.2) is 29.4 Å². The number of benzene rings is 1. The number of fused-ring (bicyclic) bond motifs is 1. The summed E-state index contributed by atoms with van der Waals surface area (Å²) in [6.07, 6.45) is 0.400. The number of nitrogens with two attached hydrogens (primary N) is 1. The van der Waals surface area contributed by atoms with Crippen molar-refractivity contribution in [3.05, 3.63) is 35.4 Å². The fraction of sp³-hybridized carbons (Fsp3) is 0.357. The van der Waals surface area contributed by atoms with Crippen molar-refractivity contribution in [1.82, 2.24) is 10.7 Å². The lowest BCUT2D eigenvalue weighted by Gasteiger charge is -2.36. The number of Topliss-reactive ketones (excluding diaryl/α,β-unsaturated/α-hetero) is 1. The van der Waals surface area contributed by atoms with Crippen LogP contribution in [0.3, 0.4) is 0 Å². The van der Waals surface area contributed by atoms with Gasteiger partial charge in [-0.05, 0) is 19.0 Å². The number of carbonyl (C=O) groups is 2. The van der Waals surface area contributed by atoms with Gasteiger partial charge in [0.25, 0.3) is 0 Å². The van der Waals surface area contributed by atoms with Crippen LogP contribution in [0.2, 0.25) is 0 Å². The smallest absolute Gasteiger partial charge is 0.332 e. The van der Waals surface area contributed by atoms with Crippen molar-refractivity contribution in [2.75, 3.05) is 6.54 Å². The molecular formula is C14H18N4O2. The van der Waals surface area contributed by atoms with Gasteiger partial charge in [-0.25, -0.2) is 10.2 Å². The molecule has 0 fully saturated rings. The summed E-state index contributed by atoms with van der Waals surface area (Å²) < 4.78 is 0. The second-order valence-corrected chi connectivity index (χ2v) is 4.95. The second kappa shape index (κ2) is 5.42. The van der Waals surface area contributed by atoms with Gasteiger partial charge in [-0.1, -0.05) is 31.2 Å². The van der Waals surface area contributed by atoms with Crippen molar-refractivity contribution in [3.8, 4) is 0 Å². The van der Waals surface area contributed by atoms with Crippen LogP contribution >= 0.6 is 0 Å². The molecule has 0 aliphatic heterocycles. The molecule has 2 rings (SSSR count). The predicted molar refractivity (Wildman–Crippen MR) is 76.6 cm³/mol. The van der Waals surface area contributed by atoms with Crippen molar-refractivity contribution in [1.29, 1.82) is 0 Å². The fourth-order valence-electron chi connectivity index (χ4n) is 2.59. The molecule has 1 unspecified atom stereocenters. The van der Waals surface area contributed by atoms with Gasteiger partial charge >= 0.3 is 6.03 Å². The Morgan fingerprint density at radius 2 is 2.15 bits per heavy atom. The van der Waals surface area contributed by atoms with Gasteiger partial charge < -0.3 is 11.1 Å². The number of nitrogens with zero attached hydrogens (tertiary/aromatic N) is 1. The van der Waals surface area contributed by atoms with Gasteiger partial charge in [0.05, 0.1) is 0 Å². The van der Waals surface area contributed by atoms with Gasteiger partial charge in [-0.15, -0.1) is 0 Å². The van der Waals surface area contributed by atoms with Crippen LogP contribution in [0.4, 0.5) is 4.79 Å². The lowest BCUT2D eigenvalue weighted by atomic mass is 9.76. The maximum Gasteiger partial charge on any atom is 0.332 e. The fourth-order valence-corrected chi connectivity index (χ4v) is 2.59. The van der Waals surface area contributed by atoms with Crippen LogP contribution in [-0.4, -0.2) is 24.1 Å². The number of hydrazone groups is 1. The van der Waals surface area contributed by atoms with E-state index in [4.69, 9.17) is 5.73 Å². The number of amides is 2. The molecular weight excluding hydrogens is 256 g/mol. The van der Waals surface area contributed by atoms with Crippen molar-refractivity contribution < 1.29 is 9.59 Å². The van der Waals surface area contributed by atoms with E-state index < -0.39 is 11.6 Å². The SMILES string of the molecule is CCNC1(C)C/C(=N\NC(N)=O)C(=O)c2ccccc21. The molecule has 0 radical (unpaired) electrons. The number of nitrogens with one attached hydrogen (secondary N) is 2. The van der Waals surface area contributed by atoms with Gasteiger partial charge in [0, 0.05) is 17.5 Å². The van der Waals surface area contributed by atoms with Crippen LogP contribution < -0.4 is 16.5 Å². The van der Waals surface area contributed by atoms with Gasteiger partial charge in [0.15, 0.2) is 0 Å². The molecule has 20 heavy (non-hydrogen) atoms. The Balaban J connectivity index is 2.47. The number of hydrogen-bond donors (Lipinski definition) is 3. The number of carbonyl (C=O) groups excluding carboxylic acids is 2. The van der Waals surface area contributed by atoms with Gasteiger partial charge in [0.2, 0.25) is 5.78 Å². The first-order chi connectivity index (χ1) is 9.48. The number of rotatable bonds is 3.